The molecule has 1 amide bonds. The third-order valence-corrected chi connectivity index (χ3v) is 4.48. The fourth-order valence-electron chi connectivity index (χ4n) is 3.17. The van der Waals surface area contributed by atoms with Crippen LogP contribution < -0.4 is 9.64 Å². The van der Waals surface area contributed by atoms with E-state index >= 15 is 0 Å². The van der Waals surface area contributed by atoms with Gasteiger partial charge in [0.1, 0.15) is 11.4 Å². The number of carbonyl (C=O) groups is 1. The molecule has 0 bridgehead atoms. The van der Waals surface area contributed by atoms with Gasteiger partial charge >= 0.3 is 0 Å². The second kappa shape index (κ2) is 6.41. The van der Waals surface area contributed by atoms with Gasteiger partial charge in [-0.3, -0.25) is 9.78 Å². The van der Waals surface area contributed by atoms with Gasteiger partial charge in [0.25, 0.3) is 5.91 Å². The van der Waals surface area contributed by atoms with Crippen LogP contribution in [0.2, 0.25) is 0 Å². The fourth-order valence-corrected chi connectivity index (χ4v) is 3.17. The quantitative estimate of drug-likeness (QED) is 0.870. The molecule has 0 radical (unpaired) electrons. The molecule has 3 rings (SSSR count). The Kier molecular flexibility index (Phi) is 4.33. The van der Waals surface area contributed by atoms with Crippen molar-refractivity contribution < 1.29 is 9.53 Å². The van der Waals surface area contributed by atoms with Crippen molar-refractivity contribution >= 4 is 11.6 Å². The van der Waals surface area contributed by atoms with Gasteiger partial charge in [-0.25, -0.2) is 0 Å². The van der Waals surface area contributed by atoms with Gasteiger partial charge in [-0.05, 0) is 61.1 Å². The molecular formula is C19H22N2O2. The van der Waals surface area contributed by atoms with Gasteiger partial charge < -0.3 is 9.64 Å². The van der Waals surface area contributed by atoms with E-state index in [1.54, 1.807) is 13.3 Å². The van der Waals surface area contributed by atoms with E-state index in [1.807, 2.05) is 23.1 Å². The predicted octanol–water partition coefficient (Wildman–Crippen LogP) is 3.55. The van der Waals surface area contributed by atoms with Gasteiger partial charge in [0.2, 0.25) is 0 Å². The Morgan fingerprint density at radius 3 is 2.91 bits per heavy atom. The average Bonchev–Trinajstić information content (AvgIpc) is 2.61. The van der Waals surface area contributed by atoms with Crippen molar-refractivity contribution in [1.82, 2.24) is 4.98 Å². The van der Waals surface area contributed by atoms with Crippen molar-refractivity contribution in [3.8, 4) is 5.75 Å². The highest BCUT2D eigenvalue weighted by atomic mass is 16.5. The molecule has 23 heavy (non-hydrogen) atoms. The summed E-state index contributed by atoms with van der Waals surface area (Å²) in [7, 11) is 1.65. The van der Waals surface area contributed by atoms with Gasteiger partial charge in [-0.1, -0.05) is 13.0 Å². The van der Waals surface area contributed by atoms with Crippen molar-refractivity contribution in [2.24, 2.45) is 0 Å². The molecule has 0 spiro atoms. The number of aromatic nitrogens is 1. The lowest BCUT2D eigenvalue weighted by Crippen LogP contribution is -2.36. The van der Waals surface area contributed by atoms with Crippen LogP contribution >= 0.6 is 0 Å². The maximum absolute atomic E-state index is 13.0. The summed E-state index contributed by atoms with van der Waals surface area (Å²) in [5, 5.41) is 0. The highest BCUT2D eigenvalue weighted by Gasteiger charge is 2.28. The van der Waals surface area contributed by atoms with E-state index in [9.17, 15) is 4.79 Å². The summed E-state index contributed by atoms with van der Waals surface area (Å²) in [4.78, 5) is 19.1. The molecule has 4 heteroatoms. The lowest BCUT2D eigenvalue weighted by atomic mass is 9.96. The molecule has 0 saturated carbocycles. The summed E-state index contributed by atoms with van der Waals surface area (Å²) >= 11 is 0. The highest BCUT2D eigenvalue weighted by Crippen LogP contribution is 2.38. The fraction of sp³-hybridized carbons (Fsp3) is 0.368. The van der Waals surface area contributed by atoms with Crippen LogP contribution in [0.3, 0.4) is 0 Å². The summed E-state index contributed by atoms with van der Waals surface area (Å²) in [5.74, 6) is 0.704. The van der Waals surface area contributed by atoms with Crippen molar-refractivity contribution in [3.63, 3.8) is 0 Å². The summed E-state index contributed by atoms with van der Waals surface area (Å²) < 4.78 is 5.51. The van der Waals surface area contributed by atoms with Crippen molar-refractivity contribution in [3.05, 3.63) is 52.8 Å². The number of hydrogen-bond donors (Lipinski definition) is 0. The Labute approximate surface area is 137 Å². The minimum absolute atomic E-state index is 0.0508. The van der Waals surface area contributed by atoms with Crippen molar-refractivity contribution in [2.45, 2.75) is 33.1 Å². The van der Waals surface area contributed by atoms with Crippen molar-refractivity contribution in [2.75, 3.05) is 18.6 Å². The number of hydrogen-bond acceptors (Lipinski definition) is 3. The molecule has 0 saturated heterocycles. The molecule has 2 heterocycles. The molecule has 4 nitrogen and oxygen atoms in total. The third kappa shape index (κ3) is 2.81. The minimum atomic E-state index is -0.0508. The van der Waals surface area contributed by atoms with E-state index in [1.165, 1.54) is 11.1 Å². The van der Waals surface area contributed by atoms with Gasteiger partial charge in [0, 0.05) is 12.7 Å². The van der Waals surface area contributed by atoms with Crippen molar-refractivity contribution in [1.29, 1.82) is 0 Å². The zero-order valence-electron chi connectivity index (χ0n) is 13.9. The van der Waals surface area contributed by atoms with Gasteiger partial charge in [-0.15, -0.1) is 0 Å². The van der Waals surface area contributed by atoms with E-state index in [0.29, 0.717) is 12.2 Å². The number of ether oxygens (including phenoxy) is 1. The SMILES string of the molecule is CCc1ccnc(C(=O)N2CCCc3c(C)ccc(OC)c32)c1. The first-order valence-electron chi connectivity index (χ1n) is 8.09. The number of nitrogens with zero attached hydrogens (tertiary/aromatic N) is 2. The zero-order valence-corrected chi connectivity index (χ0v) is 13.9. The summed E-state index contributed by atoms with van der Waals surface area (Å²) in [6.45, 7) is 4.86. The van der Waals surface area contributed by atoms with E-state index < -0.39 is 0 Å². The maximum atomic E-state index is 13.0. The first kappa shape index (κ1) is 15.5. The van der Waals surface area contributed by atoms with Gasteiger partial charge in [0.15, 0.2) is 0 Å². The molecule has 0 N–H and O–H groups in total. The van der Waals surface area contributed by atoms with Crippen LogP contribution in [0, 0.1) is 6.92 Å². The number of aryl methyl sites for hydroxylation is 2. The van der Waals surface area contributed by atoms with Crippen LogP contribution in [-0.2, 0) is 12.8 Å². The molecule has 0 fully saturated rings. The van der Waals surface area contributed by atoms with Crippen LogP contribution in [0.1, 0.15) is 40.5 Å². The molecule has 1 aromatic carbocycles. The minimum Gasteiger partial charge on any atom is -0.495 e. The second-order valence-corrected chi connectivity index (χ2v) is 5.88. The molecule has 0 unspecified atom stereocenters. The Morgan fingerprint density at radius 2 is 2.17 bits per heavy atom. The van der Waals surface area contributed by atoms with E-state index in [0.717, 1.165) is 36.3 Å². The van der Waals surface area contributed by atoms with Crippen LogP contribution in [0.25, 0.3) is 0 Å². The number of rotatable bonds is 3. The molecule has 1 aromatic heterocycles. The molecular weight excluding hydrogens is 288 g/mol. The Hall–Kier alpha value is -2.36. The summed E-state index contributed by atoms with van der Waals surface area (Å²) in [6, 6.07) is 7.84. The Balaban J connectivity index is 2.05. The molecule has 1 aliphatic rings. The Morgan fingerprint density at radius 1 is 1.35 bits per heavy atom. The predicted molar refractivity (Wildman–Crippen MR) is 91.3 cm³/mol. The molecule has 0 aliphatic carbocycles. The Bertz CT molecular complexity index is 740. The number of carbonyl (C=O) groups excluding carboxylic acids is 1. The lowest BCUT2D eigenvalue weighted by Gasteiger charge is -2.31. The average molecular weight is 310 g/mol. The van der Waals surface area contributed by atoms with Crippen LogP contribution in [0.15, 0.2) is 30.5 Å². The molecule has 1 aliphatic heterocycles. The molecule has 0 atom stereocenters. The van der Waals surface area contributed by atoms with E-state index in [-0.39, 0.29) is 5.91 Å². The van der Waals surface area contributed by atoms with Crippen LogP contribution in [-0.4, -0.2) is 24.5 Å². The first-order valence-corrected chi connectivity index (χ1v) is 8.09. The summed E-state index contributed by atoms with van der Waals surface area (Å²) in [5.41, 5.74) is 4.94. The highest BCUT2D eigenvalue weighted by molar-refractivity contribution is 6.06. The lowest BCUT2D eigenvalue weighted by molar-refractivity contribution is 0.0979. The first-order chi connectivity index (χ1) is 11.2. The third-order valence-electron chi connectivity index (χ3n) is 4.48. The maximum Gasteiger partial charge on any atom is 0.276 e. The van der Waals surface area contributed by atoms with E-state index in [2.05, 4.69) is 24.9 Å². The number of anilines is 1. The standard InChI is InChI=1S/C19H22N2O2/c1-4-14-9-10-20-16(12-14)19(22)21-11-5-6-15-13(2)7-8-17(23-3)18(15)21/h7-10,12H,4-6,11H2,1-3H3. The van der Waals surface area contributed by atoms with E-state index in [4.69, 9.17) is 4.74 Å². The zero-order chi connectivity index (χ0) is 16.4. The summed E-state index contributed by atoms with van der Waals surface area (Å²) in [6.07, 6.45) is 4.54. The number of amides is 1. The van der Waals surface area contributed by atoms with Gasteiger partial charge in [-0.2, -0.15) is 0 Å². The molecule has 2 aromatic rings. The normalized spacial score (nSPS) is 13.6. The smallest absolute Gasteiger partial charge is 0.276 e. The number of fused-ring (bicyclic) bond motifs is 1. The topological polar surface area (TPSA) is 42.4 Å². The number of benzene rings is 1. The second-order valence-electron chi connectivity index (χ2n) is 5.88. The van der Waals surface area contributed by atoms with Gasteiger partial charge in [0.05, 0.1) is 12.8 Å². The van der Waals surface area contributed by atoms with Crippen LogP contribution in [0.5, 0.6) is 5.75 Å². The monoisotopic (exact) mass is 310 g/mol. The number of pyridine rings is 1. The molecule has 120 valence electrons. The number of methoxy groups -OCH3 is 1. The van der Waals surface area contributed by atoms with Crippen LogP contribution in [0.4, 0.5) is 5.69 Å². The largest absolute Gasteiger partial charge is 0.495 e.